The fraction of sp³-hybridized carbons (Fsp3) is 0.727. The van der Waals surface area contributed by atoms with Gasteiger partial charge in [0.2, 0.25) is 0 Å². The standard InChI is InChI=1S/C22H34BrNO3/c1-4-25-21(26-5-2)15-24-11-9-22(10-12-24)13-18(14-22)16-27-20-8-6-7-19(23)17(20)3/h6-8,18,21H,4-5,9-16H2,1-3H3. The molecular weight excluding hydrogens is 406 g/mol. The molecule has 4 nitrogen and oxygen atoms in total. The number of nitrogens with zero attached hydrogens (tertiary/aromatic N) is 1. The van der Waals surface area contributed by atoms with Crippen LogP contribution in [0.25, 0.3) is 0 Å². The molecule has 1 saturated heterocycles. The molecule has 0 radical (unpaired) electrons. The summed E-state index contributed by atoms with van der Waals surface area (Å²) in [5.41, 5.74) is 1.75. The topological polar surface area (TPSA) is 30.9 Å². The first kappa shape index (κ1) is 21.1. The normalized spacial score (nSPS) is 20.2. The maximum absolute atomic E-state index is 6.11. The SMILES string of the molecule is CCOC(CN1CCC2(CC1)CC(COc1cccc(Br)c1C)C2)OCC. The summed E-state index contributed by atoms with van der Waals surface area (Å²) in [6.45, 7) is 11.7. The Morgan fingerprint density at radius 3 is 2.44 bits per heavy atom. The average molecular weight is 440 g/mol. The van der Waals surface area contributed by atoms with Gasteiger partial charge >= 0.3 is 0 Å². The molecule has 1 aromatic rings. The van der Waals surface area contributed by atoms with Gasteiger partial charge in [-0.1, -0.05) is 22.0 Å². The van der Waals surface area contributed by atoms with E-state index >= 15 is 0 Å². The molecule has 2 fully saturated rings. The fourth-order valence-corrected chi connectivity index (χ4v) is 4.94. The zero-order chi connectivity index (χ0) is 19.3. The van der Waals surface area contributed by atoms with Crippen molar-refractivity contribution in [3.63, 3.8) is 0 Å². The van der Waals surface area contributed by atoms with Gasteiger partial charge in [0.05, 0.1) is 6.61 Å². The van der Waals surface area contributed by atoms with Crippen LogP contribution in [0.5, 0.6) is 5.75 Å². The van der Waals surface area contributed by atoms with Crippen LogP contribution in [0.1, 0.15) is 45.1 Å². The summed E-state index contributed by atoms with van der Waals surface area (Å²) in [6, 6.07) is 6.18. The summed E-state index contributed by atoms with van der Waals surface area (Å²) in [7, 11) is 0. The third-order valence-corrected chi connectivity index (χ3v) is 7.02. The minimum atomic E-state index is -0.0787. The van der Waals surface area contributed by atoms with E-state index in [1.165, 1.54) is 31.2 Å². The maximum Gasteiger partial charge on any atom is 0.170 e. The van der Waals surface area contributed by atoms with Crippen LogP contribution in [0.2, 0.25) is 0 Å². The molecule has 0 N–H and O–H groups in total. The van der Waals surface area contributed by atoms with Crippen molar-refractivity contribution in [1.82, 2.24) is 4.90 Å². The van der Waals surface area contributed by atoms with Crippen LogP contribution >= 0.6 is 15.9 Å². The van der Waals surface area contributed by atoms with E-state index in [-0.39, 0.29) is 6.29 Å². The van der Waals surface area contributed by atoms with Crippen LogP contribution in [-0.4, -0.2) is 50.6 Å². The Morgan fingerprint density at radius 1 is 1.15 bits per heavy atom. The van der Waals surface area contributed by atoms with Crippen LogP contribution in [0.15, 0.2) is 22.7 Å². The summed E-state index contributed by atoms with van der Waals surface area (Å²) >= 11 is 3.58. The molecule has 0 aromatic heterocycles. The molecule has 0 atom stereocenters. The Balaban J connectivity index is 1.39. The second-order valence-electron chi connectivity index (χ2n) is 8.09. The molecule has 1 aliphatic carbocycles. The van der Waals surface area contributed by atoms with Gasteiger partial charge in [-0.2, -0.15) is 0 Å². The first-order valence-electron chi connectivity index (χ1n) is 10.4. The van der Waals surface area contributed by atoms with Crippen molar-refractivity contribution < 1.29 is 14.2 Å². The summed E-state index contributed by atoms with van der Waals surface area (Å²) < 4.78 is 18.6. The van der Waals surface area contributed by atoms with Crippen molar-refractivity contribution in [2.45, 2.75) is 52.7 Å². The van der Waals surface area contributed by atoms with E-state index in [1.807, 2.05) is 19.9 Å². The molecule has 1 spiro atoms. The Kier molecular flexibility index (Phi) is 7.60. The van der Waals surface area contributed by atoms with Gasteiger partial charge in [-0.3, -0.25) is 4.90 Å². The molecule has 3 rings (SSSR count). The first-order valence-corrected chi connectivity index (χ1v) is 11.2. The molecule has 0 bridgehead atoms. The smallest absolute Gasteiger partial charge is 0.170 e. The van der Waals surface area contributed by atoms with Gasteiger partial charge in [0.15, 0.2) is 6.29 Å². The molecular formula is C22H34BrNO3. The lowest BCUT2D eigenvalue weighted by atomic mass is 9.58. The van der Waals surface area contributed by atoms with Gasteiger partial charge in [-0.15, -0.1) is 0 Å². The molecule has 1 aromatic carbocycles. The van der Waals surface area contributed by atoms with Gasteiger partial charge in [0, 0.05) is 29.8 Å². The number of halogens is 1. The Bertz CT molecular complexity index is 587. The van der Waals surface area contributed by atoms with Gasteiger partial charge in [0.25, 0.3) is 0 Å². The summed E-state index contributed by atoms with van der Waals surface area (Å²) in [4.78, 5) is 2.51. The first-order chi connectivity index (χ1) is 13.0. The lowest BCUT2D eigenvalue weighted by Crippen LogP contribution is -2.50. The van der Waals surface area contributed by atoms with Gasteiger partial charge in [0.1, 0.15) is 5.75 Å². The number of likely N-dealkylation sites (tertiary alicyclic amines) is 1. The molecule has 2 aliphatic rings. The highest BCUT2D eigenvalue weighted by molar-refractivity contribution is 9.10. The predicted octanol–water partition coefficient (Wildman–Crippen LogP) is 5.03. The van der Waals surface area contributed by atoms with Crippen molar-refractivity contribution >= 4 is 15.9 Å². The van der Waals surface area contributed by atoms with Gasteiger partial charge in [-0.05, 0) is 83.0 Å². The zero-order valence-corrected chi connectivity index (χ0v) is 18.6. The van der Waals surface area contributed by atoms with Crippen LogP contribution in [0.4, 0.5) is 0 Å². The fourth-order valence-electron chi connectivity index (χ4n) is 4.59. The number of rotatable bonds is 9. The quantitative estimate of drug-likeness (QED) is 0.504. The van der Waals surface area contributed by atoms with Crippen molar-refractivity contribution in [3.8, 4) is 5.75 Å². The van der Waals surface area contributed by atoms with E-state index in [0.717, 1.165) is 36.5 Å². The predicted molar refractivity (Wildman–Crippen MR) is 112 cm³/mol. The lowest BCUT2D eigenvalue weighted by Gasteiger charge is -2.52. The summed E-state index contributed by atoms with van der Waals surface area (Å²) in [6.07, 6.45) is 5.14. The van der Waals surface area contributed by atoms with E-state index in [9.17, 15) is 0 Å². The average Bonchev–Trinajstić information content (AvgIpc) is 2.63. The maximum atomic E-state index is 6.11. The van der Waals surface area contributed by atoms with Crippen LogP contribution in [0.3, 0.4) is 0 Å². The molecule has 0 amide bonds. The number of piperidine rings is 1. The molecule has 1 aliphatic heterocycles. The number of hydrogen-bond donors (Lipinski definition) is 0. The van der Waals surface area contributed by atoms with Gasteiger partial charge in [-0.25, -0.2) is 0 Å². The highest BCUT2D eigenvalue weighted by Gasteiger charge is 2.46. The number of ether oxygens (including phenoxy) is 3. The van der Waals surface area contributed by atoms with Gasteiger partial charge < -0.3 is 14.2 Å². The number of benzene rings is 1. The largest absolute Gasteiger partial charge is 0.493 e. The Labute approximate surface area is 172 Å². The third kappa shape index (κ3) is 5.47. The van der Waals surface area contributed by atoms with Crippen molar-refractivity contribution in [1.29, 1.82) is 0 Å². The lowest BCUT2D eigenvalue weighted by molar-refractivity contribution is -0.153. The van der Waals surface area contributed by atoms with E-state index in [0.29, 0.717) is 24.5 Å². The van der Waals surface area contributed by atoms with Crippen molar-refractivity contribution in [3.05, 3.63) is 28.2 Å². The van der Waals surface area contributed by atoms with E-state index in [2.05, 4.69) is 39.9 Å². The van der Waals surface area contributed by atoms with Crippen LogP contribution in [0, 0.1) is 18.3 Å². The molecule has 152 valence electrons. The molecule has 27 heavy (non-hydrogen) atoms. The minimum Gasteiger partial charge on any atom is -0.493 e. The molecule has 1 saturated carbocycles. The molecule has 1 heterocycles. The van der Waals surface area contributed by atoms with Crippen LogP contribution < -0.4 is 4.74 Å². The third-order valence-electron chi connectivity index (χ3n) is 6.17. The summed E-state index contributed by atoms with van der Waals surface area (Å²) in [5.74, 6) is 1.72. The second kappa shape index (κ2) is 9.73. The Hall–Kier alpha value is -0.620. The van der Waals surface area contributed by atoms with E-state index < -0.39 is 0 Å². The highest BCUT2D eigenvalue weighted by Crippen LogP contribution is 2.52. The summed E-state index contributed by atoms with van der Waals surface area (Å²) in [5, 5.41) is 0. The van der Waals surface area contributed by atoms with E-state index in [1.54, 1.807) is 0 Å². The minimum absolute atomic E-state index is 0.0787. The molecule has 0 unspecified atom stereocenters. The monoisotopic (exact) mass is 439 g/mol. The van der Waals surface area contributed by atoms with Crippen LogP contribution in [-0.2, 0) is 9.47 Å². The number of hydrogen-bond acceptors (Lipinski definition) is 4. The van der Waals surface area contributed by atoms with Crippen molar-refractivity contribution in [2.75, 3.05) is 39.5 Å². The Morgan fingerprint density at radius 2 is 1.81 bits per heavy atom. The zero-order valence-electron chi connectivity index (χ0n) is 17.0. The van der Waals surface area contributed by atoms with E-state index in [4.69, 9.17) is 14.2 Å². The van der Waals surface area contributed by atoms with Crippen molar-refractivity contribution in [2.24, 2.45) is 11.3 Å². The highest BCUT2D eigenvalue weighted by atomic mass is 79.9. The molecule has 5 heteroatoms. The second-order valence-corrected chi connectivity index (χ2v) is 8.94.